The van der Waals surface area contributed by atoms with E-state index >= 15 is 0 Å². The Hall–Kier alpha value is -2.62. The van der Waals surface area contributed by atoms with Gasteiger partial charge in [0.2, 0.25) is 0 Å². The summed E-state index contributed by atoms with van der Waals surface area (Å²) >= 11 is 0.985. The number of nitrogens with zero attached hydrogens (tertiary/aromatic N) is 3. The summed E-state index contributed by atoms with van der Waals surface area (Å²) in [5, 5.41) is 14.4. The highest BCUT2D eigenvalue weighted by atomic mass is 32.2. The molecule has 0 radical (unpaired) electrons. The summed E-state index contributed by atoms with van der Waals surface area (Å²) in [6.45, 7) is 2.43. The summed E-state index contributed by atoms with van der Waals surface area (Å²) in [5.74, 6) is 0.444. The predicted molar refractivity (Wildman–Crippen MR) is 78.4 cm³/mol. The molecular formula is C11H12N6O3S. The van der Waals surface area contributed by atoms with Crippen LogP contribution >= 0.6 is 11.8 Å². The minimum atomic E-state index is -0.512. The van der Waals surface area contributed by atoms with Crippen molar-refractivity contribution in [3.63, 3.8) is 0 Å². The number of H-pyrrole nitrogens is 1. The van der Waals surface area contributed by atoms with E-state index in [2.05, 4.69) is 20.3 Å². The van der Waals surface area contributed by atoms with Gasteiger partial charge in [0.25, 0.3) is 11.2 Å². The second-order valence-electron chi connectivity index (χ2n) is 3.91. The number of nitrogens with two attached hydrogens (primary N) is 1. The number of pyridine rings is 1. The van der Waals surface area contributed by atoms with Crippen molar-refractivity contribution in [1.29, 1.82) is 0 Å². The van der Waals surface area contributed by atoms with E-state index in [1.54, 1.807) is 0 Å². The minimum absolute atomic E-state index is 0.0681. The van der Waals surface area contributed by atoms with E-state index in [1.165, 1.54) is 12.1 Å². The molecule has 0 aliphatic carbocycles. The first-order valence-corrected chi connectivity index (χ1v) is 6.74. The first-order valence-electron chi connectivity index (χ1n) is 5.93. The lowest BCUT2D eigenvalue weighted by molar-refractivity contribution is -0.385. The van der Waals surface area contributed by atoms with E-state index in [4.69, 9.17) is 5.73 Å². The van der Waals surface area contributed by atoms with Crippen LogP contribution in [0.15, 0.2) is 33.2 Å². The molecule has 0 aliphatic rings. The normalized spacial score (nSPS) is 10.3. The fourth-order valence-corrected chi connectivity index (χ4v) is 2.35. The molecule has 2 aromatic rings. The monoisotopic (exact) mass is 308 g/mol. The fourth-order valence-electron chi connectivity index (χ4n) is 1.52. The summed E-state index contributed by atoms with van der Waals surface area (Å²) in [5.41, 5.74) is 4.98. The number of aromatic amines is 1. The average Bonchev–Trinajstić information content (AvgIpc) is 2.37. The minimum Gasteiger partial charge on any atom is -0.383 e. The standard InChI is InChI=1S/C11H12N6O3S/c1-2-13-8-3-6(17(19)20)4-10(15-8)21-11-14-7(12)5-9(18)16-11/h3-5H,2H2,1H3,(H,13,15)(H3,12,14,16,18). The fraction of sp³-hybridized carbons (Fsp3) is 0.182. The Labute approximate surface area is 123 Å². The van der Waals surface area contributed by atoms with Crippen molar-refractivity contribution in [2.45, 2.75) is 17.1 Å². The second-order valence-corrected chi connectivity index (χ2v) is 4.92. The van der Waals surface area contributed by atoms with Crippen LogP contribution in [0.4, 0.5) is 17.3 Å². The quantitative estimate of drug-likeness (QED) is 0.425. The molecule has 0 bridgehead atoms. The number of nitro groups is 1. The van der Waals surface area contributed by atoms with Crippen LogP contribution in [0.5, 0.6) is 0 Å². The summed E-state index contributed by atoms with van der Waals surface area (Å²) in [7, 11) is 0. The van der Waals surface area contributed by atoms with E-state index < -0.39 is 10.5 Å². The SMILES string of the molecule is CCNc1cc([N+](=O)[O-])cc(Sc2nc(N)cc(=O)[nH]2)n1. The molecule has 9 nitrogen and oxygen atoms in total. The molecule has 0 aliphatic heterocycles. The van der Waals surface area contributed by atoms with Gasteiger partial charge in [-0.15, -0.1) is 0 Å². The zero-order valence-electron chi connectivity index (χ0n) is 11.0. The van der Waals surface area contributed by atoms with Gasteiger partial charge in [-0.05, 0) is 18.7 Å². The van der Waals surface area contributed by atoms with Gasteiger partial charge in [0.05, 0.1) is 11.0 Å². The van der Waals surface area contributed by atoms with Gasteiger partial charge >= 0.3 is 0 Å². The number of rotatable bonds is 5. The molecule has 0 saturated carbocycles. The maximum absolute atomic E-state index is 11.3. The molecule has 0 fully saturated rings. The number of anilines is 2. The van der Waals surface area contributed by atoms with E-state index in [0.29, 0.717) is 17.4 Å². The van der Waals surface area contributed by atoms with Crippen LogP contribution in [0.1, 0.15) is 6.92 Å². The van der Waals surface area contributed by atoms with E-state index in [-0.39, 0.29) is 16.7 Å². The van der Waals surface area contributed by atoms with Gasteiger partial charge in [0.15, 0.2) is 5.16 Å². The molecule has 0 unspecified atom stereocenters. The molecule has 110 valence electrons. The molecule has 0 atom stereocenters. The zero-order chi connectivity index (χ0) is 15.4. The van der Waals surface area contributed by atoms with Crippen LogP contribution < -0.4 is 16.6 Å². The molecule has 4 N–H and O–H groups in total. The smallest absolute Gasteiger partial charge is 0.275 e. The van der Waals surface area contributed by atoms with E-state index in [1.807, 2.05) is 6.92 Å². The van der Waals surface area contributed by atoms with Crippen molar-refractivity contribution in [2.75, 3.05) is 17.6 Å². The molecule has 0 amide bonds. The molecule has 21 heavy (non-hydrogen) atoms. The van der Waals surface area contributed by atoms with Crippen molar-refractivity contribution in [1.82, 2.24) is 15.0 Å². The summed E-state index contributed by atoms with van der Waals surface area (Å²) < 4.78 is 0. The third-order valence-electron chi connectivity index (χ3n) is 2.30. The van der Waals surface area contributed by atoms with Crippen LogP contribution in [0.3, 0.4) is 0 Å². The Morgan fingerprint density at radius 1 is 1.43 bits per heavy atom. The number of nitrogen functional groups attached to an aromatic ring is 1. The maximum atomic E-state index is 11.3. The molecule has 2 rings (SSSR count). The number of hydrogen-bond donors (Lipinski definition) is 3. The first-order chi connectivity index (χ1) is 9.97. The molecule has 0 aromatic carbocycles. The Morgan fingerprint density at radius 3 is 2.81 bits per heavy atom. The lowest BCUT2D eigenvalue weighted by Gasteiger charge is -2.05. The number of nitrogens with one attached hydrogen (secondary N) is 2. The Balaban J connectivity index is 2.38. The molecule has 10 heteroatoms. The molecule has 0 saturated heterocycles. The van der Waals surface area contributed by atoms with Crippen LogP contribution in [0.25, 0.3) is 0 Å². The number of aromatic nitrogens is 3. The molecular weight excluding hydrogens is 296 g/mol. The highest BCUT2D eigenvalue weighted by Crippen LogP contribution is 2.28. The molecule has 0 spiro atoms. The maximum Gasteiger partial charge on any atom is 0.275 e. The first kappa shape index (κ1) is 14.8. The summed E-state index contributed by atoms with van der Waals surface area (Å²) in [6, 6.07) is 3.78. The van der Waals surface area contributed by atoms with Gasteiger partial charge < -0.3 is 16.0 Å². The van der Waals surface area contributed by atoms with Gasteiger partial charge in [-0.1, -0.05) is 0 Å². The zero-order valence-corrected chi connectivity index (χ0v) is 11.8. The van der Waals surface area contributed by atoms with Crippen molar-refractivity contribution in [3.05, 3.63) is 38.7 Å². The number of hydrogen-bond acceptors (Lipinski definition) is 8. The van der Waals surface area contributed by atoms with Crippen molar-refractivity contribution in [3.8, 4) is 0 Å². The van der Waals surface area contributed by atoms with Crippen LogP contribution in [0.2, 0.25) is 0 Å². The van der Waals surface area contributed by atoms with Gasteiger partial charge in [-0.25, -0.2) is 9.97 Å². The lowest BCUT2D eigenvalue weighted by atomic mass is 10.4. The Morgan fingerprint density at radius 2 is 2.19 bits per heavy atom. The van der Waals surface area contributed by atoms with Crippen molar-refractivity contribution in [2.24, 2.45) is 0 Å². The van der Waals surface area contributed by atoms with Gasteiger partial charge in [-0.3, -0.25) is 14.9 Å². The highest BCUT2D eigenvalue weighted by Gasteiger charge is 2.13. The topological polar surface area (TPSA) is 140 Å². The highest BCUT2D eigenvalue weighted by molar-refractivity contribution is 7.99. The summed E-state index contributed by atoms with van der Waals surface area (Å²) in [4.78, 5) is 32.3. The molecule has 2 heterocycles. The van der Waals surface area contributed by atoms with E-state index in [0.717, 1.165) is 17.8 Å². The van der Waals surface area contributed by atoms with Crippen LogP contribution in [-0.4, -0.2) is 26.4 Å². The largest absolute Gasteiger partial charge is 0.383 e. The van der Waals surface area contributed by atoms with Gasteiger partial charge in [0, 0.05) is 18.7 Å². The Bertz CT molecular complexity index is 732. The van der Waals surface area contributed by atoms with Crippen LogP contribution in [0, 0.1) is 10.1 Å². The summed E-state index contributed by atoms with van der Waals surface area (Å²) in [6.07, 6.45) is 0. The van der Waals surface area contributed by atoms with E-state index in [9.17, 15) is 14.9 Å². The second kappa shape index (κ2) is 6.22. The van der Waals surface area contributed by atoms with Gasteiger partial charge in [0.1, 0.15) is 16.7 Å². The lowest BCUT2D eigenvalue weighted by Crippen LogP contribution is -2.09. The third kappa shape index (κ3) is 3.92. The molecule has 2 aromatic heterocycles. The average molecular weight is 308 g/mol. The van der Waals surface area contributed by atoms with Crippen molar-refractivity contribution < 1.29 is 4.92 Å². The predicted octanol–water partition coefficient (Wildman–Crippen LogP) is 1.24. The van der Waals surface area contributed by atoms with Gasteiger partial charge in [-0.2, -0.15) is 0 Å². The van der Waals surface area contributed by atoms with Crippen LogP contribution in [-0.2, 0) is 0 Å². The third-order valence-corrected chi connectivity index (χ3v) is 3.10. The Kier molecular flexibility index (Phi) is 4.38. The van der Waals surface area contributed by atoms with Crippen molar-refractivity contribution >= 4 is 29.1 Å².